The number of methoxy groups -OCH3 is 1. The minimum Gasteiger partial charge on any atom is -0.465 e. The highest BCUT2D eigenvalue weighted by molar-refractivity contribution is 7.91. The van der Waals surface area contributed by atoms with Crippen LogP contribution in [-0.4, -0.2) is 57.2 Å². The van der Waals surface area contributed by atoms with Crippen LogP contribution in [0.2, 0.25) is 0 Å². The summed E-state index contributed by atoms with van der Waals surface area (Å²) in [6.07, 6.45) is 0. The van der Waals surface area contributed by atoms with Gasteiger partial charge in [-0.3, -0.25) is 4.79 Å². The fourth-order valence-corrected chi connectivity index (χ4v) is 4.51. The number of sulfonamides is 1. The first-order valence-electron chi connectivity index (χ1n) is 7.66. The molecular formula is C17H20N2O5S2. The van der Waals surface area contributed by atoms with E-state index in [1.807, 2.05) is 0 Å². The molecule has 9 heteroatoms. The van der Waals surface area contributed by atoms with Crippen LogP contribution in [0.1, 0.15) is 15.9 Å². The van der Waals surface area contributed by atoms with E-state index >= 15 is 0 Å². The molecule has 0 saturated heterocycles. The maximum atomic E-state index is 12.4. The van der Waals surface area contributed by atoms with E-state index in [1.54, 1.807) is 42.8 Å². The fourth-order valence-electron chi connectivity index (χ4n) is 2.19. The van der Waals surface area contributed by atoms with Crippen molar-refractivity contribution in [1.29, 1.82) is 0 Å². The number of hydrogen-bond donors (Lipinski definition) is 0. The number of ether oxygens (including phenoxy) is 1. The van der Waals surface area contributed by atoms with Crippen LogP contribution in [0, 0.1) is 0 Å². The molecule has 0 aliphatic heterocycles. The fraction of sp³-hybridized carbons (Fsp3) is 0.294. The van der Waals surface area contributed by atoms with Gasteiger partial charge in [0.05, 0.1) is 19.2 Å². The molecule has 0 bridgehead atoms. The average molecular weight is 396 g/mol. The predicted octanol–water partition coefficient (Wildman–Crippen LogP) is 1.81. The zero-order valence-corrected chi connectivity index (χ0v) is 16.3. The lowest BCUT2D eigenvalue weighted by atomic mass is 10.1. The highest BCUT2D eigenvalue weighted by atomic mass is 32.2. The molecule has 26 heavy (non-hydrogen) atoms. The van der Waals surface area contributed by atoms with Gasteiger partial charge in [0.1, 0.15) is 4.21 Å². The second kappa shape index (κ2) is 8.43. The van der Waals surface area contributed by atoms with Crippen LogP contribution in [0.25, 0.3) is 0 Å². The molecule has 0 spiro atoms. The number of carbonyl (C=O) groups is 2. The molecule has 0 N–H and O–H groups in total. The van der Waals surface area contributed by atoms with Crippen molar-refractivity contribution < 1.29 is 22.7 Å². The second-order valence-corrected chi connectivity index (χ2v) is 8.85. The van der Waals surface area contributed by atoms with E-state index in [0.29, 0.717) is 12.1 Å². The molecule has 1 heterocycles. The molecule has 0 radical (unpaired) electrons. The van der Waals surface area contributed by atoms with E-state index in [0.717, 1.165) is 21.2 Å². The summed E-state index contributed by atoms with van der Waals surface area (Å²) in [5.41, 5.74) is 1.24. The van der Waals surface area contributed by atoms with E-state index in [9.17, 15) is 18.0 Å². The van der Waals surface area contributed by atoms with Gasteiger partial charge < -0.3 is 9.64 Å². The van der Waals surface area contributed by atoms with Crippen molar-refractivity contribution in [3.05, 3.63) is 52.9 Å². The van der Waals surface area contributed by atoms with Crippen LogP contribution in [0.15, 0.2) is 46.0 Å². The van der Waals surface area contributed by atoms with E-state index < -0.39 is 16.0 Å². The summed E-state index contributed by atoms with van der Waals surface area (Å²) in [7, 11) is 0.627. The van der Waals surface area contributed by atoms with Crippen molar-refractivity contribution in [1.82, 2.24) is 9.21 Å². The Bertz CT molecular complexity index is 861. The summed E-state index contributed by atoms with van der Waals surface area (Å²) < 4.78 is 30.6. The number of benzene rings is 1. The number of esters is 1. The molecular weight excluding hydrogens is 376 g/mol. The normalized spacial score (nSPS) is 11.4. The zero-order chi connectivity index (χ0) is 19.3. The van der Waals surface area contributed by atoms with E-state index in [-0.39, 0.29) is 16.7 Å². The van der Waals surface area contributed by atoms with Crippen molar-refractivity contribution in [2.45, 2.75) is 10.8 Å². The van der Waals surface area contributed by atoms with E-state index in [1.165, 1.54) is 25.1 Å². The molecule has 1 amide bonds. The Morgan fingerprint density at radius 1 is 1.12 bits per heavy atom. The number of rotatable bonds is 7. The third kappa shape index (κ3) is 4.69. The molecule has 1 aromatic carbocycles. The first-order chi connectivity index (χ1) is 12.3. The highest BCUT2D eigenvalue weighted by Crippen LogP contribution is 2.19. The standard InChI is InChI=1S/C17H20N2O5S2/c1-18(11-13-6-8-14(9-7-13)17(21)24-3)15(20)12-19(2)26(22,23)16-5-4-10-25-16/h4-10H,11-12H2,1-3H3. The van der Waals surface area contributed by atoms with Crippen LogP contribution in [-0.2, 0) is 26.1 Å². The maximum Gasteiger partial charge on any atom is 0.337 e. The number of hydrogen-bond acceptors (Lipinski definition) is 6. The Hall–Kier alpha value is -2.23. The molecule has 7 nitrogen and oxygen atoms in total. The van der Waals surface area contributed by atoms with Crippen molar-refractivity contribution in [2.24, 2.45) is 0 Å². The van der Waals surface area contributed by atoms with Gasteiger partial charge in [0.2, 0.25) is 5.91 Å². The smallest absolute Gasteiger partial charge is 0.337 e. The molecule has 0 fully saturated rings. The van der Waals surface area contributed by atoms with Gasteiger partial charge in [-0.05, 0) is 29.1 Å². The Morgan fingerprint density at radius 2 is 1.77 bits per heavy atom. The Morgan fingerprint density at radius 3 is 2.31 bits per heavy atom. The SMILES string of the molecule is COC(=O)c1ccc(CN(C)C(=O)CN(C)S(=O)(=O)c2cccs2)cc1. The minimum absolute atomic E-state index is 0.203. The van der Waals surface area contributed by atoms with Gasteiger partial charge in [-0.1, -0.05) is 18.2 Å². The van der Waals surface area contributed by atoms with Gasteiger partial charge in [0.15, 0.2) is 0 Å². The lowest BCUT2D eigenvalue weighted by Crippen LogP contribution is -2.38. The summed E-state index contributed by atoms with van der Waals surface area (Å²) in [5.74, 6) is -0.758. The lowest BCUT2D eigenvalue weighted by Gasteiger charge is -2.21. The van der Waals surface area contributed by atoms with Crippen molar-refractivity contribution in [3.8, 4) is 0 Å². The van der Waals surface area contributed by atoms with Crippen molar-refractivity contribution in [2.75, 3.05) is 27.7 Å². The summed E-state index contributed by atoms with van der Waals surface area (Å²) in [6, 6.07) is 9.84. The molecule has 0 atom stereocenters. The summed E-state index contributed by atoms with van der Waals surface area (Å²) in [5, 5.41) is 1.67. The Balaban J connectivity index is 1.98. The second-order valence-electron chi connectivity index (χ2n) is 5.63. The topological polar surface area (TPSA) is 84.0 Å². The average Bonchev–Trinajstić information content (AvgIpc) is 3.17. The zero-order valence-electron chi connectivity index (χ0n) is 14.7. The van der Waals surface area contributed by atoms with Crippen molar-refractivity contribution >= 4 is 33.2 Å². The van der Waals surface area contributed by atoms with Gasteiger partial charge in [0, 0.05) is 20.6 Å². The minimum atomic E-state index is -3.66. The number of likely N-dealkylation sites (N-methyl/N-ethyl adjacent to an activating group) is 2. The molecule has 0 unspecified atom stereocenters. The summed E-state index contributed by atoms with van der Waals surface area (Å²) in [4.78, 5) is 25.2. The van der Waals surface area contributed by atoms with Gasteiger partial charge in [-0.15, -0.1) is 11.3 Å². The monoisotopic (exact) mass is 396 g/mol. The number of thiophene rings is 1. The third-order valence-electron chi connectivity index (χ3n) is 3.74. The molecule has 1 aromatic heterocycles. The summed E-state index contributed by atoms with van der Waals surface area (Å²) >= 11 is 1.11. The van der Waals surface area contributed by atoms with Crippen molar-refractivity contribution in [3.63, 3.8) is 0 Å². The molecule has 0 aliphatic rings. The number of carbonyl (C=O) groups excluding carboxylic acids is 2. The lowest BCUT2D eigenvalue weighted by molar-refractivity contribution is -0.130. The van der Waals surface area contributed by atoms with Gasteiger partial charge >= 0.3 is 5.97 Å². The Kier molecular flexibility index (Phi) is 6.52. The van der Waals surface area contributed by atoms with Crippen LogP contribution < -0.4 is 0 Å². The third-order valence-corrected chi connectivity index (χ3v) is 6.91. The molecule has 0 aliphatic carbocycles. The largest absolute Gasteiger partial charge is 0.465 e. The Labute approximate surface area is 156 Å². The quantitative estimate of drug-likeness (QED) is 0.667. The highest BCUT2D eigenvalue weighted by Gasteiger charge is 2.25. The van der Waals surface area contributed by atoms with Crippen LogP contribution in [0.5, 0.6) is 0 Å². The van der Waals surface area contributed by atoms with Crippen LogP contribution in [0.4, 0.5) is 0 Å². The first-order valence-corrected chi connectivity index (χ1v) is 9.98. The molecule has 2 rings (SSSR count). The van der Waals surface area contributed by atoms with E-state index in [2.05, 4.69) is 4.74 Å². The van der Waals surface area contributed by atoms with E-state index in [4.69, 9.17) is 0 Å². The first kappa shape index (κ1) is 20.1. The molecule has 140 valence electrons. The van der Waals surface area contributed by atoms with Gasteiger partial charge in [-0.2, -0.15) is 4.31 Å². The van der Waals surface area contributed by atoms with Gasteiger partial charge in [0.25, 0.3) is 10.0 Å². The molecule has 2 aromatic rings. The predicted molar refractivity (Wildman–Crippen MR) is 98.4 cm³/mol. The maximum absolute atomic E-state index is 12.4. The van der Waals surface area contributed by atoms with Crippen LogP contribution in [0.3, 0.4) is 0 Å². The molecule has 0 saturated carbocycles. The summed E-state index contributed by atoms with van der Waals surface area (Å²) in [6.45, 7) is 0.0458. The number of nitrogens with zero attached hydrogens (tertiary/aromatic N) is 2. The van der Waals surface area contributed by atoms with Gasteiger partial charge in [-0.25, -0.2) is 13.2 Å². The number of amides is 1. The van der Waals surface area contributed by atoms with Crippen LogP contribution >= 0.6 is 11.3 Å².